The van der Waals surface area contributed by atoms with E-state index in [0.29, 0.717) is 16.7 Å². The Bertz CT molecular complexity index is 524. The maximum atomic E-state index is 11.0. The second kappa shape index (κ2) is 4.75. The van der Waals surface area contributed by atoms with Gasteiger partial charge in [0.2, 0.25) is 0 Å². The quantitative estimate of drug-likeness (QED) is 0.591. The van der Waals surface area contributed by atoms with Crippen LogP contribution >= 0.6 is 11.8 Å². The van der Waals surface area contributed by atoms with Crippen LogP contribution in [0.5, 0.6) is 0 Å². The molecule has 0 aliphatic carbocycles. The fraction of sp³-hybridized carbons (Fsp3) is 0.111. The zero-order valence-corrected chi connectivity index (χ0v) is 9.07. The Morgan fingerprint density at radius 2 is 2.19 bits per heavy atom. The molecule has 0 spiro atoms. The average molecular weight is 235 g/mol. The summed E-state index contributed by atoms with van der Waals surface area (Å²) in [4.78, 5) is 25.6. The fourth-order valence-corrected chi connectivity index (χ4v) is 1.75. The molecule has 0 unspecified atom stereocenters. The summed E-state index contributed by atoms with van der Waals surface area (Å²) in [6.07, 6.45) is 4.57. The molecular formula is C9H9N5OS. The van der Waals surface area contributed by atoms with Crippen molar-refractivity contribution in [2.24, 2.45) is 0 Å². The number of rotatable bonds is 3. The smallest absolute Gasteiger partial charge is 0.251 e. The molecule has 0 bridgehead atoms. The van der Waals surface area contributed by atoms with Gasteiger partial charge in [0.1, 0.15) is 5.82 Å². The van der Waals surface area contributed by atoms with Crippen LogP contribution in [0.4, 0.5) is 5.82 Å². The maximum Gasteiger partial charge on any atom is 0.251 e. The first kappa shape index (κ1) is 10.6. The third-order valence-electron chi connectivity index (χ3n) is 1.73. The third-order valence-corrected chi connectivity index (χ3v) is 2.65. The van der Waals surface area contributed by atoms with Crippen LogP contribution in [0.15, 0.2) is 34.6 Å². The number of nitrogens with two attached hydrogens (primary N) is 1. The number of hydrogen-bond acceptors (Lipinski definition) is 6. The average Bonchev–Trinajstić information content (AvgIpc) is 2.28. The number of hydrogen-bond donors (Lipinski definition) is 2. The van der Waals surface area contributed by atoms with E-state index in [1.54, 1.807) is 6.20 Å². The molecule has 0 radical (unpaired) electrons. The van der Waals surface area contributed by atoms with Gasteiger partial charge in [0, 0.05) is 18.0 Å². The van der Waals surface area contributed by atoms with Crippen LogP contribution in [0.1, 0.15) is 5.69 Å². The molecule has 0 aliphatic heterocycles. The highest BCUT2D eigenvalue weighted by molar-refractivity contribution is 7.98. The van der Waals surface area contributed by atoms with E-state index in [4.69, 9.17) is 5.73 Å². The highest BCUT2D eigenvalue weighted by atomic mass is 32.2. The SMILES string of the molecule is Nc1cnc(CSc2nccc(=O)[nH]2)cn1. The summed E-state index contributed by atoms with van der Waals surface area (Å²) in [6.45, 7) is 0. The van der Waals surface area contributed by atoms with Gasteiger partial charge in [0.15, 0.2) is 5.16 Å². The van der Waals surface area contributed by atoms with Gasteiger partial charge in [0.25, 0.3) is 5.56 Å². The van der Waals surface area contributed by atoms with Crippen molar-refractivity contribution < 1.29 is 0 Å². The molecule has 0 atom stereocenters. The molecule has 6 nitrogen and oxygen atoms in total. The Morgan fingerprint density at radius 1 is 1.31 bits per heavy atom. The lowest BCUT2D eigenvalue weighted by Crippen LogP contribution is -2.05. The van der Waals surface area contributed by atoms with Crippen molar-refractivity contribution in [1.82, 2.24) is 19.9 Å². The van der Waals surface area contributed by atoms with Crippen molar-refractivity contribution in [3.8, 4) is 0 Å². The molecule has 82 valence electrons. The van der Waals surface area contributed by atoms with Gasteiger partial charge < -0.3 is 10.7 Å². The minimum atomic E-state index is -0.166. The van der Waals surface area contributed by atoms with Crippen molar-refractivity contribution in [2.45, 2.75) is 10.9 Å². The van der Waals surface area contributed by atoms with Crippen molar-refractivity contribution in [3.63, 3.8) is 0 Å². The summed E-state index contributed by atoms with van der Waals surface area (Å²) >= 11 is 1.38. The van der Waals surface area contributed by atoms with Crippen LogP contribution in [-0.4, -0.2) is 19.9 Å². The summed E-state index contributed by atoms with van der Waals surface area (Å²) in [5.74, 6) is 0.972. The zero-order chi connectivity index (χ0) is 11.4. The third kappa shape index (κ3) is 2.80. The van der Waals surface area contributed by atoms with Gasteiger partial charge in [-0.3, -0.25) is 9.78 Å². The summed E-state index contributed by atoms with van der Waals surface area (Å²) in [5, 5.41) is 0.561. The Hall–Kier alpha value is -1.89. The molecule has 0 aliphatic rings. The Kier molecular flexibility index (Phi) is 3.16. The predicted octanol–water partition coefficient (Wildman–Crippen LogP) is 0.434. The van der Waals surface area contributed by atoms with Crippen molar-refractivity contribution in [1.29, 1.82) is 0 Å². The topological polar surface area (TPSA) is 97.5 Å². The summed E-state index contributed by atoms with van der Waals surface area (Å²) in [7, 11) is 0. The van der Waals surface area contributed by atoms with Gasteiger partial charge in [-0.15, -0.1) is 0 Å². The highest BCUT2D eigenvalue weighted by Crippen LogP contribution is 2.15. The van der Waals surface area contributed by atoms with Crippen LogP contribution in [0.25, 0.3) is 0 Å². The molecule has 0 saturated heterocycles. The normalized spacial score (nSPS) is 10.2. The van der Waals surface area contributed by atoms with E-state index >= 15 is 0 Å². The Balaban J connectivity index is 2.02. The standard InChI is InChI=1S/C9H9N5OS/c10-7-4-12-6(3-13-7)5-16-9-11-2-1-8(15)14-9/h1-4H,5H2,(H2,10,13)(H,11,14,15). The van der Waals surface area contributed by atoms with Gasteiger partial charge in [0.05, 0.1) is 18.1 Å². The number of thioether (sulfide) groups is 1. The van der Waals surface area contributed by atoms with E-state index in [0.717, 1.165) is 5.69 Å². The minimum absolute atomic E-state index is 0.166. The molecule has 3 N–H and O–H groups in total. The van der Waals surface area contributed by atoms with Gasteiger partial charge in [-0.05, 0) is 0 Å². The first-order valence-corrected chi connectivity index (χ1v) is 5.47. The van der Waals surface area contributed by atoms with Crippen molar-refractivity contribution >= 4 is 17.6 Å². The number of nitrogens with zero attached hydrogens (tertiary/aromatic N) is 3. The van der Waals surface area contributed by atoms with Crippen LogP contribution < -0.4 is 11.3 Å². The number of aromatic amines is 1. The van der Waals surface area contributed by atoms with Gasteiger partial charge in [-0.2, -0.15) is 0 Å². The lowest BCUT2D eigenvalue weighted by atomic mass is 10.5. The summed E-state index contributed by atoms with van der Waals surface area (Å²) in [6, 6.07) is 1.37. The van der Waals surface area contributed by atoms with E-state index in [-0.39, 0.29) is 5.56 Å². The molecule has 16 heavy (non-hydrogen) atoms. The summed E-state index contributed by atoms with van der Waals surface area (Å²) < 4.78 is 0. The van der Waals surface area contributed by atoms with E-state index < -0.39 is 0 Å². The maximum absolute atomic E-state index is 11.0. The fourth-order valence-electron chi connectivity index (χ4n) is 1.01. The zero-order valence-electron chi connectivity index (χ0n) is 8.25. The lowest BCUT2D eigenvalue weighted by Gasteiger charge is -1.99. The monoisotopic (exact) mass is 235 g/mol. The molecular weight excluding hydrogens is 226 g/mol. The molecule has 7 heteroatoms. The second-order valence-electron chi connectivity index (χ2n) is 2.96. The highest BCUT2D eigenvalue weighted by Gasteiger charge is 1.99. The van der Waals surface area contributed by atoms with Crippen molar-refractivity contribution in [2.75, 3.05) is 5.73 Å². The van der Waals surface area contributed by atoms with Gasteiger partial charge in [-0.1, -0.05) is 11.8 Å². The molecule has 2 aromatic heterocycles. The van der Waals surface area contributed by atoms with Crippen LogP contribution in [0, 0.1) is 0 Å². The molecule has 0 saturated carbocycles. The lowest BCUT2D eigenvalue weighted by molar-refractivity contribution is 0.934. The van der Waals surface area contributed by atoms with E-state index in [1.165, 1.54) is 30.2 Å². The number of nitrogen functional groups attached to an aromatic ring is 1. The van der Waals surface area contributed by atoms with E-state index in [1.807, 2.05) is 0 Å². The van der Waals surface area contributed by atoms with Crippen LogP contribution in [0.2, 0.25) is 0 Å². The number of anilines is 1. The molecule has 2 heterocycles. The molecule has 0 aromatic carbocycles. The number of aromatic nitrogens is 4. The van der Waals surface area contributed by atoms with E-state index in [9.17, 15) is 4.79 Å². The summed E-state index contributed by atoms with van der Waals surface area (Å²) in [5.41, 5.74) is 6.03. The number of nitrogens with one attached hydrogen (secondary N) is 1. The molecule has 2 aromatic rings. The van der Waals surface area contributed by atoms with Gasteiger partial charge in [-0.25, -0.2) is 9.97 Å². The largest absolute Gasteiger partial charge is 0.382 e. The van der Waals surface area contributed by atoms with Crippen LogP contribution in [0.3, 0.4) is 0 Å². The predicted molar refractivity (Wildman–Crippen MR) is 60.9 cm³/mol. The number of H-pyrrole nitrogens is 1. The molecule has 2 rings (SSSR count). The van der Waals surface area contributed by atoms with E-state index in [2.05, 4.69) is 19.9 Å². The first-order valence-electron chi connectivity index (χ1n) is 4.48. The van der Waals surface area contributed by atoms with Gasteiger partial charge >= 0.3 is 0 Å². The second-order valence-corrected chi connectivity index (χ2v) is 3.92. The first-order chi connectivity index (χ1) is 7.74. The Morgan fingerprint density at radius 3 is 2.88 bits per heavy atom. The molecule has 0 fully saturated rings. The molecule has 0 amide bonds. The van der Waals surface area contributed by atoms with Crippen molar-refractivity contribution in [3.05, 3.63) is 40.7 Å². The van der Waals surface area contributed by atoms with Crippen LogP contribution in [-0.2, 0) is 5.75 Å². The Labute approximate surface area is 95.4 Å². The minimum Gasteiger partial charge on any atom is -0.382 e.